The molecule has 0 saturated heterocycles. The third-order valence-corrected chi connectivity index (χ3v) is 0. The molecule has 0 saturated carbocycles. The van der Waals surface area contributed by atoms with Crippen molar-refractivity contribution >= 4 is 0 Å². The number of halogens is 2. The van der Waals surface area contributed by atoms with Crippen LogP contribution in [0.4, 0.5) is 8.78 Å². The van der Waals surface area contributed by atoms with Crippen LogP contribution in [0.3, 0.4) is 0 Å². The maximum atomic E-state index is 9.85. The molecular weight excluding hydrogens is 78.0 g/mol. The summed E-state index contributed by atoms with van der Waals surface area (Å²) >= 11 is 0. The van der Waals surface area contributed by atoms with Crippen LogP contribution in [-0.2, 0) is 0 Å². The summed E-state index contributed by atoms with van der Waals surface area (Å²) in [5.74, 6) is 0. The largest absolute Gasteiger partial charge is 0.366 e. The van der Waals surface area contributed by atoms with E-state index < -0.39 is 6.86 Å². The van der Waals surface area contributed by atoms with Crippen molar-refractivity contribution in [1.82, 2.24) is 0 Å². The molecule has 0 aromatic rings. The summed E-state index contributed by atoms with van der Waals surface area (Å²) in [4.78, 5) is 0. The van der Waals surface area contributed by atoms with Crippen LogP contribution in [0.5, 0.6) is 0 Å². The van der Waals surface area contributed by atoms with Gasteiger partial charge in [-0.3, -0.25) is 4.39 Å². The molecule has 0 aliphatic rings. The summed E-state index contributed by atoms with van der Waals surface area (Å²) in [6, 6.07) is 0. The molecule has 5 heavy (non-hydrogen) atoms. The second kappa shape index (κ2) is 45.2. The molecule has 0 unspecified atom stereocenters. The topological polar surface area (TPSA) is 20.2 Å². The molecule has 0 aliphatic carbocycles. The Morgan fingerprint density at radius 3 is 1.60 bits per heavy atom. The number of hydrogen-bond acceptors (Lipinski definition) is 1. The summed E-state index contributed by atoms with van der Waals surface area (Å²) in [6.07, 6.45) is 0. The van der Waals surface area contributed by atoms with Gasteiger partial charge in [0, 0.05) is 0 Å². The van der Waals surface area contributed by atoms with Crippen LogP contribution in [0.25, 0.3) is 0 Å². The zero-order chi connectivity index (χ0) is 4.71. The van der Waals surface area contributed by atoms with Gasteiger partial charge in [-0.1, -0.05) is 0 Å². The van der Waals surface area contributed by atoms with E-state index in [4.69, 9.17) is 5.11 Å². The molecule has 1 N–H and O–H groups in total. The normalized spacial score (nSPS) is 4.80. The van der Waals surface area contributed by atoms with E-state index in [2.05, 4.69) is 0 Å². The minimum Gasteiger partial charge on any atom is -0.366 e. The molecule has 0 heterocycles. The van der Waals surface area contributed by atoms with E-state index in [1.807, 2.05) is 0 Å². The molecule has 0 fully saturated rings. The molecule has 0 aliphatic heterocycles. The molecule has 0 radical (unpaired) electrons. The third-order valence-electron chi connectivity index (χ3n) is 0. The first kappa shape index (κ1) is 8.84. The Balaban J connectivity index is 0. The van der Waals surface area contributed by atoms with Crippen molar-refractivity contribution in [3.05, 3.63) is 0 Å². The summed E-state index contributed by atoms with van der Waals surface area (Å²) in [7, 11) is 0.500. The zero-order valence-corrected chi connectivity index (χ0v) is 2.91. The number of hydrogen-bond donors (Lipinski definition) is 1. The maximum Gasteiger partial charge on any atom is 0.185 e. The second-order valence-electron chi connectivity index (χ2n) is 0.120. The summed E-state index contributed by atoms with van der Waals surface area (Å²) in [5, 5.41) is 6.90. The van der Waals surface area contributed by atoms with Gasteiger partial charge in [0.1, 0.15) is 0 Å². The predicted octanol–water partition coefficient (Wildman–Crippen LogP) is 0.491. The Morgan fingerprint density at radius 1 is 1.60 bits per heavy atom. The molecule has 0 bridgehead atoms. The van der Waals surface area contributed by atoms with Gasteiger partial charge in [0.2, 0.25) is 0 Å². The summed E-state index contributed by atoms with van der Waals surface area (Å²) in [6.45, 7) is -1.25. The fourth-order valence-corrected chi connectivity index (χ4v) is 0. The Bertz CT molecular complexity index is 7.61. The van der Waals surface area contributed by atoms with Crippen molar-refractivity contribution in [2.24, 2.45) is 0 Å². The lowest BCUT2D eigenvalue weighted by molar-refractivity contribution is 0.168. The van der Waals surface area contributed by atoms with Gasteiger partial charge in [0.05, 0.1) is 7.18 Å². The quantitative estimate of drug-likeness (QED) is 0.453. The van der Waals surface area contributed by atoms with E-state index in [1.54, 1.807) is 0 Å². The molecule has 0 aromatic heterocycles. The van der Waals surface area contributed by atoms with E-state index in [-0.39, 0.29) is 0 Å². The number of alkyl halides is 2. The van der Waals surface area contributed by atoms with Gasteiger partial charge < -0.3 is 5.11 Å². The van der Waals surface area contributed by atoms with Crippen molar-refractivity contribution in [1.29, 1.82) is 0 Å². The Morgan fingerprint density at radius 2 is 1.60 bits per heavy atom. The van der Waals surface area contributed by atoms with Gasteiger partial charge in [-0.15, -0.1) is 0 Å². The standard InChI is InChI=1S/CH3FO.CH3F/c2-1-3;1-2/h3H,1H2;1H3. The second-order valence-corrected chi connectivity index (χ2v) is 0.120. The van der Waals surface area contributed by atoms with Crippen molar-refractivity contribution < 1.29 is 13.9 Å². The van der Waals surface area contributed by atoms with Gasteiger partial charge in [0.25, 0.3) is 0 Å². The van der Waals surface area contributed by atoms with E-state index in [0.717, 1.165) is 0 Å². The summed E-state index contributed by atoms with van der Waals surface area (Å²) in [5.41, 5.74) is 0. The van der Waals surface area contributed by atoms with Crippen LogP contribution in [0.1, 0.15) is 0 Å². The lowest BCUT2D eigenvalue weighted by Crippen LogP contribution is -1.53. The minimum atomic E-state index is -1.25. The zero-order valence-electron chi connectivity index (χ0n) is 2.91. The van der Waals surface area contributed by atoms with E-state index in [1.165, 1.54) is 0 Å². The number of aliphatic hydroxyl groups excluding tert-OH is 1. The minimum absolute atomic E-state index is 0.500. The van der Waals surface area contributed by atoms with Crippen LogP contribution >= 0.6 is 0 Å². The van der Waals surface area contributed by atoms with Crippen molar-refractivity contribution in [3.8, 4) is 0 Å². The maximum absolute atomic E-state index is 9.85. The Hall–Kier alpha value is -0.180. The molecular formula is C2H6F2O. The SMILES string of the molecule is CF.OCF. The van der Waals surface area contributed by atoms with Crippen LogP contribution in [0.2, 0.25) is 0 Å². The third kappa shape index (κ3) is 391. The lowest BCUT2D eigenvalue weighted by atomic mass is 11.6. The fourth-order valence-electron chi connectivity index (χ4n) is 0. The average Bonchev–Trinajstić information content (AvgIpc) is 1.46. The highest BCUT2D eigenvalue weighted by Crippen LogP contribution is 1.40. The fraction of sp³-hybridized carbons (Fsp3) is 1.00. The van der Waals surface area contributed by atoms with Crippen LogP contribution < -0.4 is 0 Å². The monoisotopic (exact) mass is 84.0 g/mol. The molecule has 0 rings (SSSR count). The highest BCUT2D eigenvalue weighted by atomic mass is 19.1. The molecule has 1 nitrogen and oxygen atoms in total. The molecule has 3 heteroatoms. The van der Waals surface area contributed by atoms with Crippen molar-refractivity contribution in [2.75, 3.05) is 14.0 Å². The van der Waals surface area contributed by atoms with Gasteiger partial charge in [0.15, 0.2) is 6.86 Å². The first-order valence-electron chi connectivity index (χ1n) is 0.961. The highest BCUT2D eigenvalue weighted by Gasteiger charge is 1.38. The highest BCUT2D eigenvalue weighted by molar-refractivity contribution is 3.53. The smallest absolute Gasteiger partial charge is 0.185 e. The molecule has 0 spiro atoms. The van der Waals surface area contributed by atoms with Crippen LogP contribution in [0, 0.1) is 0 Å². The molecule has 0 amide bonds. The molecule has 0 atom stereocenters. The van der Waals surface area contributed by atoms with Crippen LogP contribution in [0.15, 0.2) is 0 Å². The van der Waals surface area contributed by atoms with Crippen LogP contribution in [-0.4, -0.2) is 19.1 Å². The Labute approximate surface area is 29.2 Å². The van der Waals surface area contributed by atoms with Crippen molar-refractivity contribution in [3.63, 3.8) is 0 Å². The molecule has 34 valence electrons. The van der Waals surface area contributed by atoms with Crippen molar-refractivity contribution in [2.45, 2.75) is 0 Å². The van der Waals surface area contributed by atoms with E-state index in [9.17, 15) is 8.78 Å². The first-order valence-corrected chi connectivity index (χ1v) is 0.961. The number of rotatable bonds is 0. The lowest BCUT2D eigenvalue weighted by Gasteiger charge is -1.49. The van der Waals surface area contributed by atoms with E-state index >= 15 is 0 Å². The van der Waals surface area contributed by atoms with Gasteiger partial charge in [-0.25, -0.2) is 4.39 Å². The Kier molecular flexibility index (Phi) is 79.9. The van der Waals surface area contributed by atoms with Gasteiger partial charge in [-0.05, 0) is 0 Å². The molecule has 0 aromatic carbocycles. The van der Waals surface area contributed by atoms with Gasteiger partial charge >= 0.3 is 0 Å². The number of aliphatic hydroxyl groups is 1. The predicted molar refractivity (Wildman–Crippen MR) is 15.2 cm³/mol. The van der Waals surface area contributed by atoms with E-state index in [0.29, 0.717) is 7.18 Å². The first-order chi connectivity index (χ1) is 2.41. The summed E-state index contributed by atoms with van der Waals surface area (Å²) < 4.78 is 19.3. The average molecular weight is 84.1 g/mol. The van der Waals surface area contributed by atoms with Gasteiger partial charge in [-0.2, -0.15) is 0 Å².